The van der Waals surface area contributed by atoms with Gasteiger partial charge in [-0.25, -0.2) is 0 Å². The van der Waals surface area contributed by atoms with Crippen molar-refractivity contribution in [3.05, 3.63) is 40.2 Å². The van der Waals surface area contributed by atoms with Crippen LogP contribution in [-0.2, 0) is 21.3 Å². The summed E-state index contributed by atoms with van der Waals surface area (Å²) in [6.45, 7) is 14.3. The van der Waals surface area contributed by atoms with Crippen LogP contribution in [-0.4, -0.2) is 84.6 Å². The highest BCUT2D eigenvalue weighted by atomic mass is 16.7. The zero-order valence-electron chi connectivity index (χ0n) is 27.2. The predicted molar refractivity (Wildman–Crippen MR) is 161 cm³/mol. The maximum atomic E-state index is 12.2. The Kier molecular flexibility index (Phi) is 6.62. The molecule has 0 unspecified atom stereocenters. The number of hydrogen-bond donors (Lipinski definition) is 6. The molecule has 12 atom stereocenters. The summed E-state index contributed by atoms with van der Waals surface area (Å²) in [5, 5.41) is 64.4. The molecule has 0 aromatic carbocycles. The number of fused-ring (bicyclic) bond motifs is 4. The number of pyridine rings is 1. The van der Waals surface area contributed by atoms with Gasteiger partial charge in [0.2, 0.25) is 0 Å². The molecule has 2 heterocycles. The van der Waals surface area contributed by atoms with Gasteiger partial charge in [0.1, 0.15) is 24.4 Å². The highest BCUT2D eigenvalue weighted by molar-refractivity contribution is 5.56. The molecule has 1 aromatic heterocycles. The molecule has 4 fully saturated rings. The molecule has 5 aliphatic carbocycles. The quantitative estimate of drug-likeness (QED) is 0.282. The lowest BCUT2D eigenvalue weighted by atomic mass is 9.45. The van der Waals surface area contributed by atoms with Crippen LogP contribution in [0.3, 0.4) is 0 Å². The van der Waals surface area contributed by atoms with Crippen LogP contribution in [0.2, 0.25) is 0 Å². The third kappa shape index (κ3) is 3.73. The molecule has 2 spiro atoms. The van der Waals surface area contributed by atoms with Gasteiger partial charge in [-0.2, -0.15) is 0 Å². The third-order valence-corrected chi connectivity index (χ3v) is 13.7. The first-order chi connectivity index (χ1) is 20.3. The standard InChI is InChI=1S/C35H51NO8/c1-17-12-18(28(41)31(4,5)42)36-19-13-32(6)22-9-8-21-30(2,3)24(44-29-27(40)26(39)20(37)15-43-29)10-11-34(21)16-35(22,34)23(38)14-33(32,7)25(17)19/h9,12,20-21,23-24,26-29,37-42H,8,10-11,13-16H2,1-7H3/t20-,21+,23+,24+,26+,27-,28+,29+,32+,33-,34-,35+/m1/s1. The third-order valence-electron chi connectivity index (χ3n) is 13.7. The van der Waals surface area contributed by atoms with Gasteiger partial charge in [0.05, 0.1) is 30.1 Å². The van der Waals surface area contributed by atoms with Gasteiger partial charge in [-0.15, -0.1) is 0 Å². The van der Waals surface area contributed by atoms with Gasteiger partial charge in [0, 0.05) is 21.9 Å². The topological polar surface area (TPSA) is 153 Å². The fourth-order valence-corrected chi connectivity index (χ4v) is 11.3. The van der Waals surface area contributed by atoms with Crippen molar-refractivity contribution in [2.75, 3.05) is 6.61 Å². The summed E-state index contributed by atoms with van der Waals surface area (Å²) >= 11 is 0. The molecule has 7 rings (SSSR count). The largest absolute Gasteiger partial charge is 0.392 e. The SMILES string of the molecule is Cc1cc([C@H](O)C(C)(C)O)nc2c1[C@@]1(C)C[C@H](O)[C@@]34C[C@@]35CC[C@H](O[C@@H]3OC[C@@H](O)[C@H](O)[C@H]3O)C(C)(C)[C@@H]5CC=C4[C@]1(C)C2. The number of hydrogen-bond acceptors (Lipinski definition) is 9. The van der Waals surface area contributed by atoms with Crippen LogP contribution in [0.4, 0.5) is 0 Å². The van der Waals surface area contributed by atoms with Gasteiger partial charge < -0.3 is 40.1 Å². The van der Waals surface area contributed by atoms with Gasteiger partial charge in [-0.3, -0.25) is 4.98 Å². The van der Waals surface area contributed by atoms with Crippen LogP contribution < -0.4 is 0 Å². The molecular formula is C35H51NO8. The zero-order chi connectivity index (χ0) is 32.0. The Morgan fingerprint density at radius 2 is 1.77 bits per heavy atom. The van der Waals surface area contributed by atoms with E-state index >= 15 is 0 Å². The number of aliphatic hydroxyl groups is 6. The lowest BCUT2D eigenvalue weighted by Crippen LogP contribution is -2.60. The lowest BCUT2D eigenvalue weighted by Gasteiger charge is -2.60. The van der Waals surface area contributed by atoms with Gasteiger partial charge in [0.15, 0.2) is 6.29 Å². The maximum Gasteiger partial charge on any atom is 0.186 e. The average Bonchev–Trinajstić information content (AvgIpc) is 3.56. The second-order valence-electron chi connectivity index (χ2n) is 16.7. The number of ether oxygens (including phenoxy) is 2. The summed E-state index contributed by atoms with van der Waals surface area (Å²) in [5.74, 6) is 0.258. The molecule has 44 heavy (non-hydrogen) atoms. The number of allylic oxidation sites excluding steroid dienone is 1. The Morgan fingerprint density at radius 1 is 1.07 bits per heavy atom. The molecule has 0 radical (unpaired) electrons. The second kappa shape index (κ2) is 9.34. The van der Waals surface area contributed by atoms with E-state index in [4.69, 9.17) is 14.5 Å². The number of aryl methyl sites for hydroxylation is 1. The summed E-state index contributed by atoms with van der Waals surface area (Å²) in [4.78, 5) is 4.98. The number of aliphatic hydroxyl groups excluding tert-OH is 5. The molecule has 1 saturated heterocycles. The molecule has 244 valence electrons. The van der Waals surface area contributed by atoms with Crippen molar-refractivity contribution in [1.82, 2.24) is 4.98 Å². The van der Waals surface area contributed by atoms with E-state index in [1.165, 1.54) is 11.1 Å². The Morgan fingerprint density at radius 3 is 2.45 bits per heavy atom. The fourth-order valence-electron chi connectivity index (χ4n) is 11.3. The van der Waals surface area contributed by atoms with Crippen LogP contribution in [0.15, 0.2) is 17.7 Å². The molecule has 6 aliphatic rings. The molecule has 3 saturated carbocycles. The number of rotatable bonds is 4. The minimum atomic E-state index is -1.32. The summed E-state index contributed by atoms with van der Waals surface area (Å²) in [5.41, 5.74) is 2.53. The minimum Gasteiger partial charge on any atom is -0.392 e. The Hall–Kier alpha value is -1.43. The smallest absolute Gasteiger partial charge is 0.186 e. The molecule has 0 amide bonds. The molecule has 1 aliphatic heterocycles. The molecule has 1 aromatic rings. The van der Waals surface area contributed by atoms with Gasteiger partial charge >= 0.3 is 0 Å². The second-order valence-corrected chi connectivity index (χ2v) is 16.7. The van der Waals surface area contributed by atoms with E-state index in [0.29, 0.717) is 12.1 Å². The Bertz CT molecular complexity index is 1400. The fraction of sp³-hybridized carbons (Fsp3) is 0.800. The zero-order valence-corrected chi connectivity index (χ0v) is 27.2. The van der Waals surface area contributed by atoms with Gasteiger partial charge in [-0.1, -0.05) is 39.3 Å². The average molecular weight is 614 g/mol. The van der Waals surface area contributed by atoms with E-state index in [0.717, 1.165) is 43.4 Å². The molecule has 9 heteroatoms. The number of aromatic nitrogens is 1. The monoisotopic (exact) mass is 613 g/mol. The first-order valence-corrected chi connectivity index (χ1v) is 16.5. The van der Waals surface area contributed by atoms with Crippen LogP contribution in [0.1, 0.15) is 102 Å². The summed E-state index contributed by atoms with van der Waals surface area (Å²) in [7, 11) is 0. The minimum absolute atomic E-state index is 0.0501. The van der Waals surface area contributed by atoms with Gasteiger partial charge in [0.25, 0.3) is 0 Å². The van der Waals surface area contributed by atoms with Gasteiger partial charge in [-0.05, 0) is 93.2 Å². The predicted octanol–water partition coefficient (Wildman–Crippen LogP) is 2.75. The van der Waals surface area contributed by atoms with Crippen LogP contribution >= 0.6 is 0 Å². The normalized spacial score (nSPS) is 47.8. The molecule has 9 nitrogen and oxygen atoms in total. The van der Waals surface area contributed by atoms with E-state index in [9.17, 15) is 30.6 Å². The van der Waals surface area contributed by atoms with Crippen molar-refractivity contribution < 1.29 is 40.1 Å². The van der Waals surface area contributed by atoms with Crippen LogP contribution in [0.5, 0.6) is 0 Å². The molecule has 6 N–H and O–H groups in total. The summed E-state index contributed by atoms with van der Waals surface area (Å²) < 4.78 is 12.0. The van der Waals surface area contributed by atoms with Crippen molar-refractivity contribution in [3.8, 4) is 0 Å². The van der Waals surface area contributed by atoms with Crippen molar-refractivity contribution >= 4 is 0 Å². The van der Waals surface area contributed by atoms with E-state index < -0.39 is 42.4 Å². The number of nitrogens with zero attached hydrogens (tertiary/aromatic N) is 1. The van der Waals surface area contributed by atoms with E-state index in [2.05, 4.69) is 40.7 Å². The lowest BCUT2D eigenvalue weighted by molar-refractivity contribution is -0.301. The van der Waals surface area contributed by atoms with Crippen LogP contribution in [0, 0.1) is 34.5 Å². The molecular weight excluding hydrogens is 562 g/mol. The molecule has 0 bridgehead atoms. The Balaban J connectivity index is 1.22. The van der Waals surface area contributed by atoms with Crippen molar-refractivity contribution in [1.29, 1.82) is 0 Å². The van der Waals surface area contributed by atoms with Crippen molar-refractivity contribution in [2.24, 2.45) is 27.6 Å². The highest BCUT2D eigenvalue weighted by Gasteiger charge is 2.83. The van der Waals surface area contributed by atoms with E-state index in [-0.39, 0.29) is 45.7 Å². The first-order valence-electron chi connectivity index (χ1n) is 16.5. The summed E-state index contributed by atoms with van der Waals surface area (Å²) in [6, 6.07) is 1.91. The van der Waals surface area contributed by atoms with E-state index in [1.54, 1.807) is 13.8 Å². The summed E-state index contributed by atoms with van der Waals surface area (Å²) in [6.07, 6.45) is 0.663. The van der Waals surface area contributed by atoms with E-state index in [1.807, 2.05) is 6.07 Å². The van der Waals surface area contributed by atoms with Crippen LogP contribution in [0.25, 0.3) is 0 Å². The first kappa shape index (κ1) is 31.2. The van der Waals surface area contributed by atoms with Crippen molar-refractivity contribution in [3.63, 3.8) is 0 Å². The van der Waals surface area contributed by atoms with Crippen molar-refractivity contribution in [2.45, 2.75) is 141 Å². The Labute approximate surface area is 260 Å². The highest BCUT2D eigenvalue weighted by Crippen LogP contribution is 2.87. The maximum absolute atomic E-state index is 12.2.